The lowest BCUT2D eigenvalue weighted by Crippen LogP contribution is -2.67. The Morgan fingerprint density at radius 3 is 2.13 bits per heavy atom. The second-order valence-corrected chi connectivity index (χ2v) is 20.2. The Hall–Kier alpha value is -1.23. The van der Waals surface area contributed by atoms with Crippen LogP contribution in [0.25, 0.3) is 0 Å². The lowest BCUT2D eigenvalue weighted by molar-refractivity contribution is -0.319. The number of aliphatic hydroxyl groups excluding tert-OH is 5. The third-order valence-electron chi connectivity index (χ3n) is 16.0. The summed E-state index contributed by atoms with van der Waals surface area (Å²) in [6.45, 7) is 17.8. The first-order valence-corrected chi connectivity index (χ1v) is 20.6. The summed E-state index contributed by atoms with van der Waals surface area (Å²) in [6, 6.07) is 0. The van der Waals surface area contributed by atoms with Crippen molar-refractivity contribution >= 4 is 5.97 Å². The van der Waals surface area contributed by atoms with Crippen molar-refractivity contribution in [2.24, 2.45) is 45.3 Å². The standard InChI is InChI=1S/C42H70O13/c1-22(43)51-21-26-32(46)34(48)36(54-26)55-29-13-16-39(6)27(38(29,4)5)12-18-40(7)28(39)19-25(53-35-33(47)31(45)24(44)20-52-35)30-23(11-17-41(30,40)8)42(9,50)15-10-14-37(2,3)49/h10,14,23-36,44-50H,11-13,15-21H2,1-9H3/b14-10+/t23-,24-,25?,26-,27?,28?,29+,30?,31-,32-,33+,34+,35-,36-,39-,40+,41+,42-/m0/s1. The second-order valence-electron chi connectivity index (χ2n) is 20.2. The van der Waals surface area contributed by atoms with Gasteiger partial charge in [-0.2, -0.15) is 0 Å². The van der Waals surface area contributed by atoms with E-state index in [-0.39, 0.29) is 64.6 Å². The summed E-state index contributed by atoms with van der Waals surface area (Å²) in [5.41, 5.74) is -3.07. The summed E-state index contributed by atoms with van der Waals surface area (Å²) in [5, 5.41) is 76.1. The van der Waals surface area contributed by atoms with Crippen LogP contribution in [0.15, 0.2) is 12.2 Å². The van der Waals surface area contributed by atoms with Gasteiger partial charge in [-0.25, -0.2) is 0 Å². The highest BCUT2D eigenvalue weighted by Crippen LogP contribution is 2.76. The Bertz CT molecular complexity index is 1410. The molecule has 2 heterocycles. The Morgan fingerprint density at radius 2 is 1.47 bits per heavy atom. The molecule has 0 radical (unpaired) electrons. The van der Waals surface area contributed by atoms with Gasteiger partial charge in [0.2, 0.25) is 0 Å². The molecule has 0 aromatic rings. The van der Waals surface area contributed by atoms with Gasteiger partial charge in [0.25, 0.3) is 0 Å². The lowest BCUT2D eigenvalue weighted by atomic mass is 9.35. The van der Waals surface area contributed by atoms with E-state index >= 15 is 0 Å². The molecule has 6 aliphatic rings. The maximum atomic E-state index is 12.2. The Morgan fingerprint density at radius 1 is 0.818 bits per heavy atom. The molecule has 2 aliphatic heterocycles. The average Bonchev–Trinajstić information content (AvgIpc) is 3.59. The highest BCUT2D eigenvalue weighted by Gasteiger charge is 2.72. The summed E-state index contributed by atoms with van der Waals surface area (Å²) < 4.78 is 30.2. The molecular weight excluding hydrogens is 712 g/mol. The van der Waals surface area contributed by atoms with Crippen molar-refractivity contribution in [1.29, 1.82) is 0 Å². The van der Waals surface area contributed by atoms with E-state index in [1.54, 1.807) is 19.9 Å². The molecule has 18 atom stereocenters. The minimum Gasteiger partial charge on any atom is -0.463 e. The molecule has 4 saturated carbocycles. The molecule has 7 N–H and O–H groups in total. The molecule has 6 rings (SSSR count). The molecule has 4 aliphatic carbocycles. The number of hydrogen-bond acceptors (Lipinski definition) is 13. The van der Waals surface area contributed by atoms with Gasteiger partial charge in [0.1, 0.15) is 43.2 Å². The van der Waals surface area contributed by atoms with Crippen molar-refractivity contribution in [3.05, 3.63) is 12.2 Å². The van der Waals surface area contributed by atoms with E-state index in [9.17, 15) is 40.5 Å². The first-order valence-electron chi connectivity index (χ1n) is 20.6. The second kappa shape index (κ2) is 15.1. The van der Waals surface area contributed by atoms with Gasteiger partial charge in [-0.15, -0.1) is 0 Å². The summed E-state index contributed by atoms with van der Waals surface area (Å²) in [6.07, 6.45) is -0.828. The summed E-state index contributed by atoms with van der Waals surface area (Å²) in [7, 11) is 0. The van der Waals surface area contributed by atoms with E-state index in [0.717, 1.165) is 32.1 Å². The topological polar surface area (TPSA) is 205 Å². The van der Waals surface area contributed by atoms with Crippen molar-refractivity contribution < 1.29 is 64.2 Å². The number of hydrogen-bond donors (Lipinski definition) is 7. The van der Waals surface area contributed by atoms with Gasteiger partial charge in [-0.1, -0.05) is 46.8 Å². The van der Waals surface area contributed by atoms with Crippen LogP contribution >= 0.6 is 0 Å². The monoisotopic (exact) mass is 782 g/mol. The van der Waals surface area contributed by atoms with Crippen molar-refractivity contribution in [1.82, 2.24) is 0 Å². The van der Waals surface area contributed by atoms with Gasteiger partial charge in [0, 0.05) is 6.92 Å². The number of carbonyl (C=O) groups excluding carboxylic acids is 1. The molecule has 0 aromatic carbocycles. The molecular formula is C42H70O13. The van der Waals surface area contributed by atoms with E-state index in [1.165, 1.54) is 6.92 Å². The minimum atomic E-state index is -1.44. The quantitative estimate of drug-likeness (QED) is 0.0969. The number of esters is 1. The first-order chi connectivity index (χ1) is 25.4. The molecule has 4 unspecified atom stereocenters. The number of fused-ring (bicyclic) bond motifs is 5. The van der Waals surface area contributed by atoms with E-state index < -0.39 is 72.5 Å². The predicted octanol–water partition coefficient (Wildman–Crippen LogP) is 2.97. The van der Waals surface area contributed by atoms with Crippen LogP contribution in [-0.4, -0.2) is 128 Å². The molecule has 316 valence electrons. The van der Waals surface area contributed by atoms with Crippen LogP contribution in [0, 0.1) is 45.3 Å². The molecule has 0 aromatic heterocycles. The Kier molecular flexibility index (Phi) is 11.9. The van der Waals surface area contributed by atoms with Crippen LogP contribution < -0.4 is 0 Å². The molecule has 2 saturated heterocycles. The zero-order chi connectivity index (χ0) is 40.7. The predicted molar refractivity (Wildman–Crippen MR) is 200 cm³/mol. The summed E-state index contributed by atoms with van der Waals surface area (Å²) >= 11 is 0. The summed E-state index contributed by atoms with van der Waals surface area (Å²) in [5.74, 6) is -0.396. The van der Waals surface area contributed by atoms with Crippen molar-refractivity contribution in [3.63, 3.8) is 0 Å². The van der Waals surface area contributed by atoms with Gasteiger partial charge < -0.3 is 59.4 Å². The van der Waals surface area contributed by atoms with Crippen LogP contribution in [0.3, 0.4) is 0 Å². The zero-order valence-corrected chi connectivity index (χ0v) is 34.4. The van der Waals surface area contributed by atoms with Gasteiger partial charge >= 0.3 is 5.97 Å². The molecule has 0 bridgehead atoms. The molecule has 55 heavy (non-hydrogen) atoms. The summed E-state index contributed by atoms with van der Waals surface area (Å²) in [4.78, 5) is 11.4. The highest BCUT2D eigenvalue weighted by molar-refractivity contribution is 5.65. The van der Waals surface area contributed by atoms with Gasteiger partial charge in [0.05, 0.1) is 30.0 Å². The van der Waals surface area contributed by atoms with Crippen LogP contribution in [0.2, 0.25) is 0 Å². The van der Waals surface area contributed by atoms with Crippen molar-refractivity contribution in [2.45, 2.75) is 186 Å². The fourth-order valence-corrected chi connectivity index (χ4v) is 12.9. The fraction of sp³-hybridized carbons (Fsp3) is 0.929. The Labute approximate surface area is 326 Å². The maximum Gasteiger partial charge on any atom is 0.302 e. The smallest absolute Gasteiger partial charge is 0.302 e. The number of rotatable bonds is 10. The zero-order valence-electron chi connectivity index (χ0n) is 34.4. The van der Waals surface area contributed by atoms with Crippen molar-refractivity contribution in [3.8, 4) is 0 Å². The normalized spacial score (nSPS) is 49.5. The van der Waals surface area contributed by atoms with E-state index in [2.05, 4.69) is 34.6 Å². The Balaban J connectivity index is 1.29. The molecule has 0 amide bonds. The van der Waals surface area contributed by atoms with Gasteiger partial charge in [-0.05, 0) is 117 Å². The van der Waals surface area contributed by atoms with Gasteiger partial charge in [0.15, 0.2) is 12.6 Å². The van der Waals surface area contributed by atoms with E-state index in [4.69, 9.17) is 23.7 Å². The number of aliphatic hydroxyl groups is 7. The average molecular weight is 783 g/mol. The van der Waals surface area contributed by atoms with E-state index in [0.29, 0.717) is 19.3 Å². The van der Waals surface area contributed by atoms with Crippen LogP contribution in [0.5, 0.6) is 0 Å². The maximum absolute atomic E-state index is 12.2. The van der Waals surface area contributed by atoms with Gasteiger partial charge in [-0.3, -0.25) is 4.79 Å². The van der Waals surface area contributed by atoms with Crippen molar-refractivity contribution in [2.75, 3.05) is 13.2 Å². The molecule has 6 fully saturated rings. The van der Waals surface area contributed by atoms with Crippen LogP contribution in [-0.2, 0) is 28.5 Å². The third-order valence-corrected chi connectivity index (χ3v) is 16.0. The molecule has 13 nitrogen and oxygen atoms in total. The largest absolute Gasteiger partial charge is 0.463 e. The highest BCUT2D eigenvalue weighted by atomic mass is 16.7. The first kappa shape index (κ1) is 43.4. The fourth-order valence-electron chi connectivity index (χ4n) is 12.9. The van der Waals surface area contributed by atoms with Crippen LogP contribution in [0.4, 0.5) is 0 Å². The van der Waals surface area contributed by atoms with E-state index in [1.807, 2.05) is 13.0 Å². The minimum absolute atomic E-state index is 0.112. The van der Waals surface area contributed by atoms with Crippen LogP contribution in [0.1, 0.15) is 114 Å². The molecule has 13 heteroatoms. The molecule has 0 spiro atoms. The lowest BCUT2D eigenvalue weighted by Gasteiger charge is -2.71. The third kappa shape index (κ3) is 7.60. The number of ether oxygens (including phenoxy) is 5. The SMILES string of the molecule is CC(=O)OC[C@@H]1O[C@@H](O[C@@H]2CC[C@@]3(C)C(CC[C@]4(C)C3CC(O[C@@H]3OC[C@H](O)[C@H](O)[C@H]3O)C3[C@@H]([C@@](C)(O)C/C=C/C(C)(C)O)CC[C@]34C)C2(C)C)[C@H](O)[C@H]1O. The number of carbonyl (C=O) groups is 1.